The molecule has 1 aliphatic heterocycles. The molecule has 1 saturated heterocycles. The van der Waals surface area contributed by atoms with Crippen LogP contribution in [0.25, 0.3) is 0 Å². The van der Waals surface area contributed by atoms with E-state index >= 15 is 0 Å². The number of carbonyl (C=O) groups is 2. The molecule has 7 nitrogen and oxygen atoms in total. The van der Waals surface area contributed by atoms with Crippen LogP contribution in [0.15, 0.2) is 59.5 Å². The van der Waals surface area contributed by atoms with Crippen molar-refractivity contribution in [1.29, 1.82) is 0 Å². The highest BCUT2D eigenvalue weighted by Gasteiger charge is 2.50. The Labute approximate surface area is 240 Å². The molecule has 0 bridgehead atoms. The molecule has 218 valence electrons. The molecular weight excluding hydrogens is 522 g/mol. The van der Waals surface area contributed by atoms with E-state index in [0.717, 1.165) is 18.4 Å². The van der Waals surface area contributed by atoms with Crippen LogP contribution in [-0.2, 0) is 20.0 Å². The van der Waals surface area contributed by atoms with Gasteiger partial charge in [-0.2, -0.15) is 0 Å². The second kappa shape index (κ2) is 11.6. The molecule has 1 aliphatic carbocycles. The average molecular weight is 568 g/mol. The van der Waals surface area contributed by atoms with Crippen molar-refractivity contribution in [2.75, 3.05) is 19.3 Å². The van der Waals surface area contributed by atoms with Gasteiger partial charge in [0, 0.05) is 24.2 Å². The standard InChI is InChI=1S/C32H45N3O4S/c1-23(2)34(6)26-15-18-32(19-16-26,22-40(38,39)27-13-8-7-9-14-27)35-20-17-28(30(35)37)33-29(36)24-11-10-12-25(21-24)31(3,4)5/h7-14,21,23,26,28H,15-20,22H2,1-6H3,(H,33,36)/t26?,28-,32?/m0/s1. The molecule has 2 fully saturated rings. The van der Waals surface area contributed by atoms with Crippen molar-refractivity contribution in [2.24, 2.45) is 0 Å². The van der Waals surface area contributed by atoms with Crippen molar-refractivity contribution >= 4 is 21.7 Å². The lowest BCUT2D eigenvalue weighted by Crippen LogP contribution is -2.59. The summed E-state index contributed by atoms with van der Waals surface area (Å²) in [7, 11) is -1.52. The Hall–Kier alpha value is -2.71. The van der Waals surface area contributed by atoms with Crippen LogP contribution in [0.3, 0.4) is 0 Å². The fourth-order valence-electron chi connectivity index (χ4n) is 6.18. The number of hydrogen-bond donors (Lipinski definition) is 1. The lowest BCUT2D eigenvalue weighted by molar-refractivity contribution is -0.135. The van der Waals surface area contributed by atoms with Crippen molar-refractivity contribution in [1.82, 2.24) is 15.1 Å². The summed E-state index contributed by atoms with van der Waals surface area (Å²) in [6.45, 7) is 11.0. The molecule has 1 saturated carbocycles. The summed E-state index contributed by atoms with van der Waals surface area (Å²) in [6.07, 6.45) is 3.33. The Morgan fingerprint density at radius 1 is 1.05 bits per heavy atom. The van der Waals surface area contributed by atoms with Crippen LogP contribution in [0.2, 0.25) is 0 Å². The second-order valence-electron chi connectivity index (χ2n) is 12.9. The number of carbonyl (C=O) groups excluding carboxylic acids is 2. The van der Waals surface area contributed by atoms with E-state index in [0.29, 0.717) is 43.5 Å². The van der Waals surface area contributed by atoms with E-state index < -0.39 is 21.4 Å². The fraction of sp³-hybridized carbons (Fsp3) is 0.562. The predicted molar refractivity (Wildman–Crippen MR) is 159 cm³/mol. The van der Waals surface area contributed by atoms with Gasteiger partial charge < -0.3 is 15.1 Å². The number of rotatable bonds is 8. The lowest BCUT2D eigenvalue weighted by atomic mass is 9.78. The average Bonchev–Trinajstić information content (AvgIpc) is 3.28. The Morgan fingerprint density at radius 2 is 1.70 bits per heavy atom. The number of amides is 2. The highest BCUT2D eigenvalue weighted by atomic mass is 32.2. The molecule has 1 N–H and O–H groups in total. The Kier molecular flexibility index (Phi) is 8.81. The first-order valence-electron chi connectivity index (χ1n) is 14.5. The Morgan fingerprint density at radius 3 is 2.30 bits per heavy atom. The Balaban J connectivity index is 1.56. The predicted octanol–water partition coefficient (Wildman–Crippen LogP) is 4.81. The zero-order chi connectivity index (χ0) is 29.3. The maximum Gasteiger partial charge on any atom is 0.251 e. The monoisotopic (exact) mass is 567 g/mol. The molecule has 1 heterocycles. The van der Waals surface area contributed by atoms with Crippen LogP contribution < -0.4 is 5.32 Å². The molecule has 0 aromatic heterocycles. The number of likely N-dealkylation sites (tertiary alicyclic amines) is 1. The number of hydrogen-bond acceptors (Lipinski definition) is 5. The van der Waals surface area contributed by atoms with Crippen molar-refractivity contribution in [3.05, 3.63) is 65.7 Å². The topological polar surface area (TPSA) is 86.8 Å². The van der Waals surface area contributed by atoms with Gasteiger partial charge in [-0.1, -0.05) is 51.1 Å². The Bertz CT molecular complexity index is 1310. The zero-order valence-corrected chi connectivity index (χ0v) is 25.6. The smallest absolute Gasteiger partial charge is 0.251 e. The number of sulfone groups is 1. The van der Waals surface area contributed by atoms with Gasteiger partial charge in [0.2, 0.25) is 5.91 Å². The summed E-state index contributed by atoms with van der Waals surface area (Å²) < 4.78 is 27.3. The van der Waals surface area contributed by atoms with Gasteiger partial charge >= 0.3 is 0 Å². The van der Waals surface area contributed by atoms with Crippen LogP contribution in [0.1, 0.15) is 82.6 Å². The number of nitrogens with zero attached hydrogens (tertiary/aromatic N) is 2. The summed E-state index contributed by atoms with van der Waals surface area (Å²) in [5.74, 6) is -0.568. The van der Waals surface area contributed by atoms with Gasteiger partial charge in [-0.3, -0.25) is 9.59 Å². The molecule has 2 aliphatic rings. The minimum atomic E-state index is -3.63. The molecule has 2 amide bonds. The molecule has 0 unspecified atom stereocenters. The van der Waals surface area contributed by atoms with E-state index in [-0.39, 0.29) is 27.9 Å². The maximum absolute atomic E-state index is 13.9. The molecule has 0 radical (unpaired) electrons. The molecule has 8 heteroatoms. The third kappa shape index (κ3) is 6.44. The van der Waals surface area contributed by atoms with Crippen molar-refractivity contribution in [2.45, 2.75) is 101 Å². The van der Waals surface area contributed by atoms with E-state index in [1.807, 2.05) is 18.2 Å². The molecule has 1 atom stereocenters. The fourth-order valence-corrected chi connectivity index (χ4v) is 8.07. The summed E-state index contributed by atoms with van der Waals surface area (Å²) in [4.78, 5) is 31.5. The molecule has 0 spiro atoms. The first-order valence-corrected chi connectivity index (χ1v) is 16.1. The summed E-state index contributed by atoms with van der Waals surface area (Å²) in [5.41, 5.74) is 0.672. The van der Waals surface area contributed by atoms with Crippen LogP contribution >= 0.6 is 0 Å². The van der Waals surface area contributed by atoms with Gasteiger partial charge in [-0.25, -0.2) is 8.42 Å². The van der Waals surface area contributed by atoms with Crippen molar-refractivity contribution < 1.29 is 18.0 Å². The SMILES string of the molecule is CC(C)N(C)C1CCC(CS(=O)(=O)c2ccccc2)(N2CC[C@H](NC(=O)c3cccc(C(C)(C)C)c3)C2=O)CC1. The quantitative estimate of drug-likeness (QED) is 0.495. The molecule has 4 rings (SSSR count). The van der Waals surface area contributed by atoms with Gasteiger partial charge in [0.25, 0.3) is 5.91 Å². The van der Waals surface area contributed by atoms with E-state index in [1.54, 1.807) is 41.3 Å². The first kappa shape index (κ1) is 30.3. The summed E-state index contributed by atoms with van der Waals surface area (Å²) >= 11 is 0. The summed E-state index contributed by atoms with van der Waals surface area (Å²) in [5, 5.41) is 2.96. The van der Waals surface area contributed by atoms with E-state index in [1.165, 1.54) is 0 Å². The van der Waals surface area contributed by atoms with E-state index in [9.17, 15) is 18.0 Å². The normalized spacial score (nSPS) is 24.1. The van der Waals surface area contributed by atoms with Gasteiger partial charge in [0.05, 0.1) is 16.2 Å². The highest BCUT2D eigenvalue weighted by Crippen LogP contribution is 2.40. The highest BCUT2D eigenvalue weighted by molar-refractivity contribution is 7.91. The van der Waals surface area contributed by atoms with Crippen LogP contribution in [0, 0.1) is 0 Å². The largest absolute Gasteiger partial charge is 0.340 e. The molecular formula is C32H45N3O4S. The van der Waals surface area contributed by atoms with Gasteiger partial charge in [-0.05, 0) is 88.2 Å². The van der Waals surface area contributed by atoms with E-state index in [4.69, 9.17) is 0 Å². The van der Waals surface area contributed by atoms with Crippen LogP contribution in [0.4, 0.5) is 0 Å². The van der Waals surface area contributed by atoms with Gasteiger partial charge in [-0.15, -0.1) is 0 Å². The number of benzene rings is 2. The lowest BCUT2D eigenvalue weighted by Gasteiger charge is -2.48. The first-order chi connectivity index (χ1) is 18.7. The minimum Gasteiger partial charge on any atom is -0.340 e. The summed E-state index contributed by atoms with van der Waals surface area (Å²) in [6, 6.07) is 16.1. The second-order valence-corrected chi connectivity index (χ2v) is 14.9. The molecule has 2 aromatic carbocycles. The molecule has 2 aromatic rings. The van der Waals surface area contributed by atoms with Crippen molar-refractivity contribution in [3.8, 4) is 0 Å². The minimum absolute atomic E-state index is 0.102. The maximum atomic E-state index is 13.9. The zero-order valence-electron chi connectivity index (χ0n) is 24.8. The van der Waals surface area contributed by atoms with E-state index in [2.05, 4.69) is 51.9 Å². The van der Waals surface area contributed by atoms with Crippen molar-refractivity contribution in [3.63, 3.8) is 0 Å². The number of nitrogens with one attached hydrogen (secondary N) is 1. The molecule has 40 heavy (non-hydrogen) atoms. The third-order valence-corrected chi connectivity index (χ3v) is 10.8. The van der Waals surface area contributed by atoms with Gasteiger partial charge in [0.1, 0.15) is 6.04 Å². The van der Waals surface area contributed by atoms with Crippen LogP contribution in [0.5, 0.6) is 0 Å². The van der Waals surface area contributed by atoms with Crippen LogP contribution in [-0.4, -0.2) is 73.0 Å². The third-order valence-electron chi connectivity index (χ3n) is 8.91. The van der Waals surface area contributed by atoms with Gasteiger partial charge in [0.15, 0.2) is 9.84 Å².